The summed E-state index contributed by atoms with van der Waals surface area (Å²) in [6.07, 6.45) is 3.63. The van der Waals surface area contributed by atoms with Crippen molar-refractivity contribution < 1.29 is 4.74 Å². The molecule has 1 aromatic rings. The first-order valence-electron chi connectivity index (χ1n) is 7.84. The first-order valence-corrected chi connectivity index (χ1v) is 8.65. The summed E-state index contributed by atoms with van der Waals surface area (Å²) in [5.74, 6) is 0. The number of nitrogens with zero attached hydrogens (tertiary/aromatic N) is 2. The van der Waals surface area contributed by atoms with E-state index in [2.05, 4.69) is 31.0 Å². The quantitative estimate of drug-likeness (QED) is 0.785. The molecule has 0 aliphatic carbocycles. The van der Waals surface area contributed by atoms with Crippen molar-refractivity contribution in [2.45, 2.75) is 52.7 Å². The molecule has 0 saturated carbocycles. The number of aryl methyl sites for hydroxylation is 1. The van der Waals surface area contributed by atoms with Gasteiger partial charge in [-0.3, -0.25) is 0 Å². The fraction of sp³-hybridized carbons (Fsp3) is 0.800. The molecule has 0 aromatic carbocycles. The second kappa shape index (κ2) is 7.96. The van der Waals surface area contributed by atoms with Gasteiger partial charge in [-0.25, -0.2) is 4.98 Å². The highest BCUT2D eigenvalue weighted by molar-refractivity contribution is 7.15. The van der Waals surface area contributed by atoms with Crippen LogP contribution in [0.25, 0.3) is 0 Å². The number of nitrogens with one attached hydrogen (secondary N) is 1. The third-order valence-electron chi connectivity index (χ3n) is 3.68. The van der Waals surface area contributed by atoms with E-state index in [0.29, 0.717) is 6.10 Å². The van der Waals surface area contributed by atoms with Crippen molar-refractivity contribution in [1.29, 1.82) is 0 Å². The van der Waals surface area contributed by atoms with Gasteiger partial charge in [-0.15, -0.1) is 11.3 Å². The molecular formula is C15H27N3OS. The molecule has 1 aliphatic heterocycles. The third-order valence-corrected chi connectivity index (χ3v) is 4.84. The Hall–Kier alpha value is -0.650. The van der Waals surface area contributed by atoms with E-state index in [4.69, 9.17) is 9.72 Å². The van der Waals surface area contributed by atoms with Crippen LogP contribution in [-0.4, -0.2) is 37.3 Å². The van der Waals surface area contributed by atoms with Gasteiger partial charge in [-0.05, 0) is 25.8 Å². The van der Waals surface area contributed by atoms with E-state index in [0.717, 1.165) is 45.6 Å². The van der Waals surface area contributed by atoms with Crippen molar-refractivity contribution >= 4 is 16.5 Å². The normalized spacial score (nSPS) is 19.6. The molecule has 1 unspecified atom stereocenters. The maximum atomic E-state index is 5.74. The lowest BCUT2D eigenvalue weighted by Crippen LogP contribution is -2.42. The van der Waals surface area contributed by atoms with Crippen LogP contribution in [0.2, 0.25) is 0 Å². The summed E-state index contributed by atoms with van der Waals surface area (Å²) in [5, 5.41) is 4.67. The van der Waals surface area contributed by atoms with Crippen molar-refractivity contribution in [3.63, 3.8) is 0 Å². The second-order valence-corrected chi connectivity index (χ2v) is 6.31. The number of hydrogen-bond donors (Lipinski definition) is 1. The number of hydrogen-bond acceptors (Lipinski definition) is 5. The summed E-state index contributed by atoms with van der Waals surface area (Å²) < 4.78 is 5.74. The number of thiazole rings is 1. The Balaban J connectivity index is 2.04. The fourth-order valence-electron chi connectivity index (χ4n) is 2.44. The van der Waals surface area contributed by atoms with Gasteiger partial charge in [0.15, 0.2) is 5.13 Å². The van der Waals surface area contributed by atoms with Crippen LogP contribution in [0, 0.1) is 0 Å². The van der Waals surface area contributed by atoms with E-state index in [9.17, 15) is 0 Å². The average Bonchev–Trinajstić information content (AvgIpc) is 2.91. The number of anilines is 1. The zero-order valence-corrected chi connectivity index (χ0v) is 13.8. The van der Waals surface area contributed by atoms with Gasteiger partial charge < -0.3 is 15.0 Å². The van der Waals surface area contributed by atoms with Gasteiger partial charge in [0.05, 0.1) is 18.4 Å². The molecule has 1 aliphatic rings. The van der Waals surface area contributed by atoms with Crippen LogP contribution in [0.1, 0.15) is 44.2 Å². The smallest absolute Gasteiger partial charge is 0.185 e. The van der Waals surface area contributed by atoms with Crippen LogP contribution in [0.3, 0.4) is 0 Å². The highest BCUT2D eigenvalue weighted by atomic mass is 32.1. The largest absolute Gasteiger partial charge is 0.375 e. The molecule has 2 heterocycles. The van der Waals surface area contributed by atoms with Gasteiger partial charge in [-0.2, -0.15) is 0 Å². The van der Waals surface area contributed by atoms with E-state index in [1.165, 1.54) is 22.1 Å². The average molecular weight is 297 g/mol. The van der Waals surface area contributed by atoms with Crippen LogP contribution in [-0.2, 0) is 17.7 Å². The maximum absolute atomic E-state index is 5.74. The summed E-state index contributed by atoms with van der Waals surface area (Å²) in [5.41, 5.74) is 1.26. The predicted octanol–water partition coefficient (Wildman–Crippen LogP) is 2.82. The minimum atomic E-state index is 0.361. The molecule has 1 aromatic heterocycles. The molecule has 2 rings (SSSR count). The summed E-state index contributed by atoms with van der Waals surface area (Å²) in [6.45, 7) is 11.4. The predicted molar refractivity (Wildman–Crippen MR) is 85.7 cm³/mol. The van der Waals surface area contributed by atoms with Crippen molar-refractivity contribution in [3.8, 4) is 0 Å². The first kappa shape index (κ1) is 15.7. The van der Waals surface area contributed by atoms with Gasteiger partial charge >= 0.3 is 0 Å². The van der Waals surface area contributed by atoms with E-state index in [1.54, 1.807) is 0 Å². The molecule has 1 N–H and O–H groups in total. The topological polar surface area (TPSA) is 37.4 Å². The summed E-state index contributed by atoms with van der Waals surface area (Å²) in [7, 11) is 0. The van der Waals surface area contributed by atoms with Crippen molar-refractivity contribution in [2.24, 2.45) is 0 Å². The van der Waals surface area contributed by atoms with E-state index >= 15 is 0 Å². The fourth-order valence-corrected chi connectivity index (χ4v) is 3.59. The highest BCUT2D eigenvalue weighted by Gasteiger charge is 2.22. The van der Waals surface area contributed by atoms with Gasteiger partial charge in [0.2, 0.25) is 0 Å². The molecule has 1 saturated heterocycles. The molecule has 1 atom stereocenters. The molecule has 0 bridgehead atoms. The molecule has 0 amide bonds. The molecule has 5 heteroatoms. The Kier molecular flexibility index (Phi) is 6.26. The Morgan fingerprint density at radius 2 is 2.25 bits per heavy atom. The SMILES string of the molecule is CCCNCc1sc(N2CCOC(CC)C2)nc1CC. The molecule has 4 nitrogen and oxygen atoms in total. The minimum Gasteiger partial charge on any atom is -0.375 e. The molecule has 0 radical (unpaired) electrons. The molecular weight excluding hydrogens is 270 g/mol. The van der Waals surface area contributed by atoms with Crippen LogP contribution in [0.5, 0.6) is 0 Å². The zero-order chi connectivity index (χ0) is 14.4. The highest BCUT2D eigenvalue weighted by Crippen LogP contribution is 2.28. The van der Waals surface area contributed by atoms with Crippen LogP contribution in [0.4, 0.5) is 5.13 Å². The summed E-state index contributed by atoms with van der Waals surface area (Å²) >= 11 is 1.85. The molecule has 0 spiro atoms. The number of aromatic nitrogens is 1. The van der Waals surface area contributed by atoms with Gasteiger partial charge in [0.25, 0.3) is 0 Å². The van der Waals surface area contributed by atoms with Gasteiger partial charge in [0.1, 0.15) is 0 Å². The Morgan fingerprint density at radius 3 is 2.95 bits per heavy atom. The number of ether oxygens (including phenoxy) is 1. The lowest BCUT2D eigenvalue weighted by atomic mass is 10.2. The number of rotatable bonds is 7. The summed E-state index contributed by atoms with van der Waals surface area (Å²) in [6, 6.07) is 0. The van der Waals surface area contributed by atoms with E-state index in [1.807, 2.05) is 11.3 Å². The van der Waals surface area contributed by atoms with E-state index in [-0.39, 0.29) is 0 Å². The summed E-state index contributed by atoms with van der Waals surface area (Å²) in [4.78, 5) is 8.64. The van der Waals surface area contributed by atoms with Gasteiger partial charge in [-0.1, -0.05) is 20.8 Å². The Bertz CT molecular complexity index is 408. The Morgan fingerprint density at radius 1 is 1.40 bits per heavy atom. The first-order chi connectivity index (χ1) is 9.78. The lowest BCUT2D eigenvalue weighted by molar-refractivity contribution is 0.0384. The minimum absolute atomic E-state index is 0.361. The zero-order valence-electron chi connectivity index (χ0n) is 12.9. The van der Waals surface area contributed by atoms with Crippen molar-refractivity contribution in [3.05, 3.63) is 10.6 Å². The van der Waals surface area contributed by atoms with E-state index < -0.39 is 0 Å². The van der Waals surface area contributed by atoms with Crippen molar-refractivity contribution in [2.75, 3.05) is 31.1 Å². The van der Waals surface area contributed by atoms with Crippen LogP contribution in [0.15, 0.2) is 0 Å². The second-order valence-electron chi connectivity index (χ2n) is 5.24. The number of morpholine rings is 1. The van der Waals surface area contributed by atoms with Crippen LogP contribution >= 0.6 is 11.3 Å². The molecule has 20 heavy (non-hydrogen) atoms. The lowest BCUT2D eigenvalue weighted by Gasteiger charge is -2.32. The monoisotopic (exact) mass is 297 g/mol. The third kappa shape index (κ3) is 3.93. The maximum Gasteiger partial charge on any atom is 0.185 e. The van der Waals surface area contributed by atoms with Crippen LogP contribution < -0.4 is 10.2 Å². The van der Waals surface area contributed by atoms with Crippen molar-refractivity contribution in [1.82, 2.24) is 10.3 Å². The Labute approximate surface area is 126 Å². The van der Waals surface area contributed by atoms with Gasteiger partial charge in [0, 0.05) is 24.5 Å². The molecule has 114 valence electrons. The standard InChI is InChI=1S/C15H27N3OS/c1-4-7-16-10-14-13(6-3)17-15(20-14)18-8-9-19-12(5-2)11-18/h12,16H,4-11H2,1-3H3. The molecule has 1 fully saturated rings.